The third-order valence-corrected chi connectivity index (χ3v) is 6.15. The summed E-state index contributed by atoms with van der Waals surface area (Å²) in [7, 11) is 4.90. The topological polar surface area (TPSA) is 71.1 Å². The highest BCUT2D eigenvalue weighted by molar-refractivity contribution is 6.01. The molecule has 28 heavy (non-hydrogen) atoms. The smallest absolute Gasteiger partial charge is 0.322 e. The van der Waals surface area contributed by atoms with E-state index in [1.54, 1.807) is 38.3 Å². The lowest BCUT2D eigenvalue weighted by Crippen LogP contribution is -2.45. The van der Waals surface area contributed by atoms with Gasteiger partial charge in [-0.05, 0) is 31.0 Å². The summed E-state index contributed by atoms with van der Waals surface area (Å²) in [5.41, 5.74) is 2.16. The molecule has 0 radical (unpaired) electrons. The third kappa shape index (κ3) is 2.99. The van der Waals surface area contributed by atoms with Crippen molar-refractivity contribution >= 4 is 11.9 Å². The van der Waals surface area contributed by atoms with Gasteiger partial charge in [-0.1, -0.05) is 19.3 Å². The van der Waals surface area contributed by atoms with Crippen molar-refractivity contribution in [2.45, 2.75) is 44.2 Å². The summed E-state index contributed by atoms with van der Waals surface area (Å²) in [6, 6.07) is 4.92. The van der Waals surface area contributed by atoms with E-state index in [2.05, 4.69) is 5.32 Å². The van der Waals surface area contributed by atoms with Gasteiger partial charge in [0, 0.05) is 18.7 Å². The van der Waals surface area contributed by atoms with Crippen LogP contribution in [0.3, 0.4) is 0 Å². The van der Waals surface area contributed by atoms with Crippen LogP contribution < -0.4 is 14.8 Å². The van der Waals surface area contributed by atoms with Gasteiger partial charge < -0.3 is 19.7 Å². The first-order chi connectivity index (χ1) is 13.5. The van der Waals surface area contributed by atoms with Crippen LogP contribution in [0.1, 0.15) is 43.7 Å². The molecule has 2 heterocycles. The molecule has 7 heteroatoms. The maximum Gasteiger partial charge on any atom is 0.322 e. The molecule has 0 aromatic heterocycles. The molecule has 1 atom stereocenters. The van der Waals surface area contributed by atoms with Crippen molar-refractivity contribution in [3.05, 3.63) is 35.0 Å². The van der Waals surface area contributed by atoms with Gasteiger partial charge in [-0.2, -0.15) is 0 Å². The number of rotatable bonds is 4. The maximum absolute atomic E-state index is 13.4. The minimum Gasteiger partial charge on any atom is -0.497 e. The second-order valence-electron chi connectivity index (χ2n) is 7.63. The van der Waals surface area contributed by atoms with Gasteiger partial charge in [0.25, 0.3) is 5.91 Å². The molecule has 4 rings (SSSR count). The predicted octanol–water partition coefficient (Wildman–Crippen LogP) is 2.83. The summed E-state index contributed by atoms with van der Waals surface area (Å²) in [4.78, 5) is 29.6. The van der Waals surface area contributed by atoms with Gasteiger partial charge in [0.15, 0.2) is 0 Å². The highest BCUT2D eigenvalue weighted by Crippen LogP contribution is 2.41. The van der Waals surface area contributed by atoms with Crippen LogP contribution in [0.25, 0.3) is 0 Å². The lowest BCUT2D eigenvalue weighted by molar-refractivity contribution is -0.128. The van der Waals surface area contributed by atoms with E-state index in [-0.39, 0.29) is 18.0 Å². The van der Waals surface area contributed by atoms with Gasteiger partial charge >= 0.3 is 6.03 Å². The lowest BCUT2D eigenvalue weighted by atomic mass is 9.93. The number of nitrogens with zero attached hydrogens (tertiary/aromatic N) is 2. The number of urea groups is 1. The Kier molecular flexibility index (Phi) is 4.91. The highest BCUT2D eigenvalue weighted by atomic mass is 16.5. The van der Waals surface area contributed by atoms with E-state index in [1.807, 2.05) is 11.0 Å². The number of likely N-dealkylation sites (N-methyl/N-ethyl adjacent to an activating group) is 1. The standard InChI is InChI=1S/C21H27N3O4/c1-23-16-12-24(13-7-5-4-6-8-13)20(25)18(16)19(22-21(23)26)15-11-14(27-2)9-10-17(15)28-3/h9-11,13,19H,4-8,12H2,1-3H3,(H,22,26). The Hall–Kier alpha value is -2.70. The molecular weight excluding hydrogens is 358 g/mol. The molecule has 1 fully saturated rings. The first-order valence-corrected chi connectivity index (χ1v) is 9.85. The molecule has 3 aliphatic rings. The van der Waals surface area contributed by atoms with Gasteiger partial charge in [0.05, 0.1) is 38.1 Å². The lowest BCUT2D eigenvalue weighted by Gasteiger charge is -2.31. The Morgan fingerprint density at radius 1 is 1.07 bits per heavy atom. The zero-order chi connectivity index (χ0) is 19.8. The summed E-state index contributed by atoms with van der Waals surface area (Å²) in [5.74, 6) is 1.29. The van der Waals surface area contributed by atoms with Crippen LogP contribution in [0.15, 0.2) is 29.5 Å². The van der Waals surface area contributed by atoms with E-state index in [4.69, 9.17) is 9.47 Å². The normalized spacial score (nSPS) is 23.0. The predicted molar refractivity (Wildman–Crippen MR) is 104 cm³/mol. The maximum atomic E-state index is 13.4. The first-order valence-electron chi connectivity index (χ1n) is 9.85. The van der Waals surface area contributed by atoms with E-state index < -0.39 is 6.04 Å². The van der Waals surface area contributed by atoms with Gasteiger partial charge in [0.1, 0.15) is 11.5 Å². The van der Waals surface area contributed by atoms with Crippen molar-refractivity contribution in [3.8, 4) is 11.5 Å². The van der Waals surface area contributed by atoms with E-state index in [9.17, 15) is 9.59 Å². The number of nitrogens with one attached hydrogen (secondary N) is 1. The van der Waals surface area contributed by atoms with Crippen molar-refractivity contribution in [2.24, 2.45) is 0 Å². The fourth-order valence-corrected chi connectivity index (χ4v) is 4.57. The number of amides is 3. The molecule has 1 saturated carbocycles. The Bertz CT molecular complexity index is 829. The second-order valence-corrected chi connectivity index (χ2v) is 7.63. The third-order valence-electron chi connectivity index (χ3n) is 6.15. The largest absolute Gasteiger partial charge is 0.497 e. The zero-order valence-electron chi connectivity index (χ0n) is 16.7. The Morgan fingerprint density at radius 2 is 1.82 bits per heavy atom. The number of benzene rings is 1. The molecule has 150 valence electrons. The van der Waals surface area contributed by atoms with Gasteiger partial charge in [0.2, 0.25) is 0 Å². The summed E-state index contributed by atoms with van der Waals surface area (Å²) in [6.45, 7) is 0.492. The molecule has 3 amide bonds. The van der Waals surface area contributed by atoms with Gasteiger partial charge in [-0.25, -0.2) is 4.79 Å². The molecular formula is C21H27N3O4. The quantitative estimate of drug-likeness (QED) is 0.865. The van der Waals surface area contributed by atoms with E-state index in [0.29, 0.717) is 23.6 Å². The van der Waals surface area contributed by atoms with Gasteiger partial charge in [-0.3, -0.25) is 9.69 Å². The number of ether oxygens (including phenoxy) is 2. The minimum absolute atomic E-state index is 0.0172. The monoisotopic (exact) mass is 385 g/mol. The fourth-order valence-electron chi connectivity index (χ4n) is 4.57. The van der Waals surface area contributed by atoms with Crippen molar-refractivity contribution in [1.29, 1.82) is 0 Å². The van der Waals surface area contributed by atoms with E-state index in [0.717, 1.165) is 36.9 Å². The van der Waals surface area contributed by atoms with Gasteiger partial charge in [-0.15, -0.1) is 0 Å². The van der Waals surface area contributed by atoms with E-state index >= 15 is 0 Å². The summed E-state index contributed by atoms with van der Waals surface area (Å²) < 4.78 is 10.9. The number of hydrogen-bond acceptors (Lipinski definition) is 4. The SMILES string of the molecule is COc1ccc(OC)c(C2NC(=O)N(C)C3=C2C(=O)N(C2CCCCC2)C3)c1. The van der Waals surface area contributed by atoms with Crippen molar-refractivity contribution < 1.29 is 19.1 Å². The molecule has 1 N–H and O–H groups in total. The molecule has 1 unspecified atom stereocenters. The Labute approximate surface area is 165 Å². The number of carbonyl (C=O) groups excluding carboxylic acids is 2. The molecule has 0 saturated heterocycles. The molecule has 1 aromatic rings. The average molecular weight is 385 g/mol. The summed E-state index contributed by atoms with van der Waals surface area (Å²) in [5, 5.41) is 2.98. The number of methoxy groups -OCH3 is 2. The summed E-state index contributed by atoms with van der Waals surface area (Å²) in [6.07, 6.45) is 5.60. The molecule has 0 spiro atoms. The molecule has 0 bridgehead atoms. The van der Waals surface area contributed by atoms with Crippen molar-refractivity contribution in [2.75, 3.05) is 27.8 Å². The van der Waals surface area contributed by atoms with Crippen LogP contribution >= 0.6 is 0 Å². The van der Waals surface area contributed by atoms with Crippen LogP contribution in [-0.2, 0) is 4.79 Å². The van der Waals surface area contributed by atoms with E-state index in [1.165, 1.54) is 6.42 Å². The van der Waals surface area contributed by atoms with Crippen molar-refractivity contribution in [1.82, 2.24) is 15.1 Å². The second kappa shape index (κ2) is 7.37. The number of carbonyl (C=O) groups is 2. The molecule has 2 aliphatic heterocycles. The first kappa shape index (κ1) is 18.7. The Morgan fingerprint density at radius 3 is 2.50 bits per heavy atom. The number of hydrogen-bond donors (Lipinski definition) is 1. The van der Waals surface area contributed by atoms with Crippen LogP contribution in [-0.4, -0.2) is 55.6 Å². The zero-order valence-corrected chi connectivity index (χ0v) is 16.7. The molecule has 1 aliphatic carbocycles. The Balaban J connectivity index is 1.75. The minimum atomic E-state index is -0.551. The molecule has 7 nitrogen and oxygen atoms in total. The summed E-state index contributed by atoms with van der Waals surface area (Å²) >= 11 is 0. The average Bonchev–Trinajstić information content (AvgIpc) is 3.08. The highest BCUT2D eigenvalue weighted by Gasteiger charge is 2.45. The molecule has 1 aromatic carbocycles. The van der Waals surface area contributed by atoms with Crippen LogP contribution in [0.5, 0.6) is 11.5 Å². The van der Waals surface area contributed by atoms with Crippen LogP contribution in [0, 0.1) is 0 Å². The van der Waals surface area contributed by atoms with Crippen LogP contribution in [0.4, 0.5) is 4.79 Å². The van der Waals surface area contributed by atoms with Crippen molar-refractivity contribution in [3.63, 3.8) is 0 Å². The van der Waals surface area contributed by atoms with Crippen LogP contribution in [0.2, 0.25) is 0 Å². The fraction of sp³-hybridized carbons (Fsp3) is 0.524.